The summed E-state index contributed by atoms with van der Waals surface area (Å²) in [5.41, 5.74) is 5.49. The van der Waals surface area contributed by atoms with Crippen molar-refractivity contribution >= 4 is 36.3 Å². The molecule has 7 N–H and O–H groups in total. The summed E-state index contributed by atoms with van der Waals surface area (Å²) in [6, 6.07) is -4.30. The van der Waals surface area contributed by atoms with Gasteiger partial charge in [-0.05, 0) is 24.7 Å². The number of rotatable bonds is 13. The molecule has 0 aromatic rings. The van der Waals surface area contributed by atoms with Crippen LogP contribution in [-0.2, 0) is 19.2 Å². The van der Waals surface area contributed by atoms with Crippen molar-refractivity contribution < 1.29 is 29.4 Å². The maximum absolute atomic E-state index is 12.8. The molecule has 3 amide bonds. The van der Waals surface area contributed by atoms with E-state index in [-0.39, 0.29) is 24.0 Å². The molecule has 10 nitrogen and oxygen atoms in total. The summed E-state index contributed by atoms with van der Waals surface area (Å²) >= 11 is 3.91. The fourth-order valence-corrected chi connectivity index (χ4v) is 2.75. The molecule has 0 saturated heterocycles. The molecule has 4 unspecified atom stereocenters. The molecule has 11 heteroatoms. The Balaban J connectivity index is 5.37. The maximum atomic E-state index is 12.8. The molecule has 0 aromatic heterocycles. The van der Waals surface area contributed by atoms with Gasteiger partial charge in [0.05, 0.1) is 6.61 Å². The van der Waals surface area contributed by atoms with Gasteiger partial charge in [0.25, 0.3) is 0 Å². The molecule has 0 saturated carbocycles. The lowest BCUT2D eigenvalue weighted by Gasteiger charge is -2.26. The monoisotopic (exact) mass is 434 g/mol. The SMILES string of the molecule is CC(C)CC(NC(=O)C(N)CO)C(=O)NC(CC(C)C)C(=O)NC(CS)C(=O)O. The van der Waals surface area contributed by atoms with Gasteiger partial charge >= 0.3 is 5.97 Å². The highest BCUT2D eigenvalue weighted by Gasteiger charge is 2.30. The lowest BCUT2D eigenvalue weighted by atomic mass is 9.99. The predicted octanol–water partition coefficient (Wildman–Crippen LogP) is -1.13. The average Bonchev–Trinajstić information content (AvgIpc) is 2.62. The van der Waals surface area contributed by atoms with Crippen molar-refractivity contribution in [2.75, 3.05) is 12.4 Å². The van der Waals surface area contributed by atoms with Gasteiger partial charge < -0.3 is 31.9 Å². The van der Waals surface area contributed by atoms with Crippen LogP contribution >= 0.6 is 12.6 Å². The number of thiol groups is 1. The lowest BCUT2D eigenvalue weighted by molar-refractivity contribution is -0.141. The van der Waals surface area contributed by atoms with E-state index in [0.717, 1.165) is 0 Å². The second-order valence-electron chi connectivity index (χ2n) is 7.75. The Morgan fingerprint density at radius 1 is 0.828 bits per heavy atom. The van der Waals surface area contributed by atoms with E-state index in [1.807, 2.05) is 27.7 Å². The minimum Gasteiger partial charge on any atom is -0.480 e. The molecule has 0 aliphatic carbocycles. The van der Waals surface area contributed by atoms with Crippen molar-refractivity contribution in [1.82, 2.24) is 16.0 Å². The zero-order valence-corrected chi connectivity index (χ0v) is 18.2. The number of carbonyl (C=O) groups excluding carboxylic acids is 3. The van der Waals surface area contributed by atoms with Gasteiger partial charge in [0.15, 0.2) is 0 Å². The Labute approximate surface area is 176 Å². The summed E-state index contributed by atoms with van der Waals surface area (Å²) < 4.78 is 0. The zero-order chi connectivity index (χ0) is 22.7. The van der Waals surface area contributed by atoms with Gasteiger partial charge in [-0.25, -0.2) is 4.79 Å². The molecule has 0 fully saturated rings. The van der Waals surface area contributed by atoms with Crippen molar-refractivity contribution in [2.45, 2.75) is 64.7 Å². The van der Waals surface area contributed by atoms with E-state index in [0.29, 0.717) is 6.42 Å². The molecule has 0 aliphatic rings. The molecular weight excluding hydrogens is 400 g/mol. The third-order valence-electron chi connectivity index (χ3n) is 4.01. The van der Waals surface area contributed by atoms with Crippen LogP contribution in [0.1, 0.15) is 40.5 Å². The number of nitrogens with one attached hydrogen (secondary N) is 3. The third-order valence-corrected chi connectivity index (χ3v) is 4.38. The summed E-state index contributed by atoms with van der Waals surface area (Å²) in [5.74, 6) is -3.16. The number of aliphatic hydroxyl groups excluding tert-OH is 1. The van der Waals surface area contributed by atoms with Crippen molar-refractivity contribution in [3.63, 3.8) is 0 Å². The Morgan fingerprint density at radius 3 is 1.52 bits per heavy atom. The first-order valence-electron chi connectivity index (χ1n) is 9.54. The number of aliphatic carboxylic acids is 1. The molecule has 0 aliphatic heterocycles. The van der Waals surface area contributed by atoms with E-state index >= 15 is 0 Å². The van der Waals surface area contributed by atoms with Crippen molar-refractivity contribution in [3.8, 4) is 0 Å². The lowest BCUT2D eigenvalue weighted by Crippen LogP contribution is -2.58. The number of carbonyl (C=O) groups is 4. The highest BCUT2D eigenvalue weighted by atomic mass is 32.1. The second-order valence-corrected chi connectivity index (χ2v) is 8.12. The largest absolute Gasteiger partial charge is 0.480 e. The van der Waals surface area contributed by atoms with E-state index in [4.69, 9.17) is 15.9 Å². The van der Waals surface area contributed by atoms with Gasteiger partial charge in [-0.3, -0.25) is 14.4 Å². The van der Waals surface area contributed by atoms with Crippen LogP contribution in [0, 0.1) is 11.8 Å². The standard InChI is InChI=1S/C18H34N4O6S/c1-9(2)5-12(20-15(24)11(19)7-23)16(25)21-13(6-10(3)4)17(26)22-14(8-29)18(27)28/h9-14,23,29H,5-8,19H2,1-4H3,(H,20,24)(H,21,25)(H,22,26)(H,27,28). The summed E-state index contributed by atoms with van der Waals surface area (Å²) in [4.78, 5) is 48.5. The summed E-state index contributed by atoms with van der Waals surface area (Å²) in [5, 5.41) is 25.6. The average molecular weight is 435 g/mol. The number of carboxylic acids is 1. The topological polar surface area (TPSA) is 171 Å². The maximum Gasteiger partial charge on any atom is 0.327 e. The summed E-state index contributed by atoms with van der Waals surface area (Å²) in [7, 11) is 0. The van der Waals surface area contributed by atoms with Gasteiger partial charge in [-0.2, -0.15) is 12.6 Å². The van der Waals surface area contributed by atoms with Crippen molar-refractivity contribution in [1.29, 1.82) is 0 Å². The predicted molar refractivity (Wildman–Crippen MR) is 111 cm³/mol. The highest BCUT2D eigenvalue weighted by Crippen LogP contribution is 2.09. The Hall–Kier alpha value is -1.85. The van der Waals surface area contributed by atoms with Crippen molar-refractivity contribution in [3.05, 3.63) is 0 Å². The molecule has 29 heavy (non-hydrogen) atoms. The molecule has 4 atom stereocenters. The van der Waals surface area contributed by atoms with Crippen LogP contribution in [-0.4, -0.2) is 70.4 Å². The van der Waals surface area contributed by atoms with Gasteiger partial charge in [0.1, 0.15) is 24.2 Å². The first-order chi connectivity index (χ1) is 13.4. The number of aliphatic hydroxyl groups is 1. The molecule has 0 bridgehead atoms. The Bertz CT molecular complexity index is 573. The van der Waals surface area contributed by atoms with Gasteiger partial charge in [-0.15, -0.1) is 0 Å². The first kappa shape index (κ1) is 27.1. The molecular formula is C18H34N4O6S. The minimum absolute atomic E-state index is 0.0336. The van der Waals surface area contributed by atoms with Crippen LogP contribution in [0.5, 0.6) is 0 Å². The third kappa shape index (κ3) is 10.5. The van der Waals surface area contributed by atoms with Gasteiger partial charge in [0, 0.05) is 5.75 Å². The van der Waals surface area contributed by atoms with Crippen LogP contribution in [0.25, 0.3) is 0 Å². The molecule has 0 radical (unpaired) electrons. The van der Waals surface area contributed by atoms with Crippen LogP contribution < -0.4 is 21.7 Å². The molecule has 0 spiro atoms. The van der Waals surface area contributed by atoms with E-state index < -0.39 is 54.5 Å². The number of hydrogen-bond acceptors (Lipinski definition) is 7. The van der Waals surface area contributed by atoms with Crippen LogP contribution in [0.4, 0.5) is 0 Å². The van der Waals surface area contributed by atoms with E-state index in [1.165, 1.54) is 0 Å². The normalized spacial score (nSPS) is 15.3. The summed E-state index contributed by atoms with van der Waals surface area (Å²) in [6.07, 6.45) is 0.565. The fourth-order valence-electron chi connectivity index (χ4n) is 2.50. The van der Waals surface area contributed by atoms with E-state index in [9.17, 15) is 19.2 Å². The van der Waals surface area contributed by atoms with Gasteiger partial charge in [-0.1, -0.05) is 27.7 Å². The first-order valence-corrected chi connectivity index (χ1v) is 10.2. The number of amides is 3. The van der Waals surface area contributed by atoms with Crippen LogP contribution in [0.2, 0.25) is 0 Å². The highest BCUT2D eigenvalue weighted by molar-refractivity contribution is 7.80. The van der Waals surface area contributed by atoms with E-state index in [1.54, 1.807) is 0 Å². The molecule has 0 aromatic carbocycles. The minimum atomic E-state index is -1.23. The van der Waals surface area contributed by atoms with Crippen LogP contribution in [0.15, 0.2) is 0 Å². The smallest absolute Gasteiger partial charge is 0.327 e. The molecule has 0 heterocycles. The number of carboxylic acid groups (broad SMARTS) is 1. The van der Waals surface area contributed by atoms with Gasteiger partial charge in [0.2, 0.25) is 17.7 Å². The quantitative estimate of drug-likeness (QED) is 0.180. The molecule has 0 rings (SSSR count). The van der Waals surface area contributed by atoms with E-state index in [2.05, 4.69) is 28.6 Å². The second kappa shape index (κ2) is 13.4. The summed E-state index contributed by atoms with van der Waals surface area (Å²) in [6.45, 7) is 6.86. The zero-order valence-electron chi connectivity index (χ0n) is 17.3. The fraction of sp³-hybridized carbons (Fsp3) is 0.778. The Kier molecular flexibility index (Phi) is 12.5. The number of nitrogens with two attached hydrogens (primary N) is 1. The van der Waals surface area contributed by atoms with Crippen molar-refractivity contribution in [2.24, 2.45) is 17.6 Å². The number of hydrogen-bond donors (Lipinski definition) is 7. The van der Waals surface area contributed by atoms with Crippen LogP contribution in [0.3, 0.4) is 0 Å². The molecule has 168 valence electrons. The Morgan fingerprint density at radius 2 is 1.21 bits per heavy atom.